The molecule has 2 unspecified atom stereocenters. The van der Waals surface area contributed by atoms with Crippen molar-refractivity contribution >= 4 is 17.2 Å². The third kappa shape index (κ3) is 2.53. The van der Waals surface area contributed by atoms with E-state index in [-0.39, 0.29) is 11.9 Å². The maximum absolute atomic E-state index is 12.3. The molecule has 2 heterocycles. The minimum absolute atomic E-state index is 0.183. The van der Waals surface area contributed by atoms with E-state index in [1.54, 1.807) is 0 Å². The molecular weight excluding hydrogens is 232 g/mol. The lowest BCUT2D eigenvalue weighted by Gasteiger charge is -2.36. The van der Waals surface area contributed by atoms with Crippen LogP contribution in [-0.2, 0) is 0 Å². The van der Waals surface area contributed by atoms with Crippen LogP contribution in [0.5, 0.6) is 0 Å². The molecular formula is C13H20N2OS. The molecule has 2 N–H and O–H groups in total. The van der Waals surface area contributed by atoms with Gasteiger partial charge >= 0.3 is 0 Å². The van der Waals surface area contributed by atoms with Crippen LogP contribution < -0.4 is 5.73 Å². The summed E-state index contributed by atoms with van der Waals surface area (Å²) in [5, 5.41) is 1.98. The van der Waals surface area contributed by atoms with Crippen LogP contribution in [0.15, 0.2) is 11.4 Å². The van der Waals surface area contributed by atoms with E-state index in [4.69, 9.17) is 5.73 Å². The van der Waals surface area contributed by atoms with Gasteiger partial charge in [-0.25, -0.2) is 0 Å². The molecule has 0 bridgehead atoms. The standard InChI is InChI=1S/C13H20N2OS/c1-3-10-8-15(6-4-11(10)14)13(16)12-9(2)5-7-17-12/h5,7,10-11H,3-4,6,8,14H2,1-2H3. The minimum Gasteiger partial charge on any atom is -0.338 e. The molecule has 1 aliphatic heterocycles. The fraction of sp³-hybridized carbons (Fsp3) is 0.615. The number of aryl methyl sites for hydroxylation is 1. The first-order valence-electron chi connectivity index (χ1n) is 6.22. The van der Waals surface area contributed by atoms with Crippen LogP contribution in [0.25, 0.3) is 0 Å². The molecule has 0 aromatic carbocycles. The number of likely N-dealkylation sites (tertiary alicyclic amines) is 1. The molecule has 0 aliphatic carbocycles. The fourth-order valence-corrected chi connectivity index (χ4v) is 3.29. The molecule has 1 fully saturated rings. The monoisotopic (exact) mass is 252 g/mol. The number of piperidine rings is 1. The Hall–Kier alpha value is -0.870. The zero-order chi connectivity index (χ0) is 12.4. The van der Waals surface area contributed by atoms with Crippen LogP contribution in [0.1, 0.15) is 35.0 Å². The lowest BCUT2D eigenvalue weighted by Crippen LogP contribution is -2.48. The van der Waals surface area contributed by atoms with E-state index < -0.39 is 0 Å². The first-order valence-corrected chi connectivity index (χ1v) is 7.10. The third-order valence-electron chi connectivity index (χ3n) is 3.66. The zero-order valence-corrected chi connectivity index (χ0v) is 11.3. The van der Waals surface area contributed by atoms with Crippen molar-refractivity contribution in [3.8, 4) is 0 Å². The number of hydrogen-bond acceptors (Lipinski definition) is 3. The Bertz CT molecular complexity index is 402. The molecule has 0 saturated carbocycles. The predicted octanol–water partition coefficient (Wildman–Crippen LogP) is 2.26. The number of amides is 1. The summed E-state index contributed by atoms with van der Waals surface area (Å²) in [7, 11) is 0. The summed E-state index contributed by atoms with van der Waals surface area (Å²) in [6, 6.07) is 2.26. The van der Waals surface area contributed by atoms with Crippen molar-refractivity contribution in [1.82, 2.24) is 4.90 Å². The van der Waals surface area contributed by atoms with Gasteiger partial charge in [0.05, 0.1) is 4.88 Å². The van der Waals surface area contributed by atoms with Gasteiger partial charge in [0.15, 0.2) is 0 Å². The zero-order valence-electron chi connectivity index (χ0n) is 10.5. The number of rotatable bonds is 2. The molecule has 1 aromatic heterocycles. The Morgan fingerprint density at radius 1 is 1.65 bits per heavy atom. The van der Waals surface area contributed by atoms with Crippen LogP contribution in [-0.4, -0.2) is 29.9 Å². The number of carbonyl (C=O) groups excluding carboxylic acids is 1. The van der Waals surface area contributed by atoms with Gasteiger partial charge in [0.1, 0.15) is 0 Å². The Morgan fingerprint density at radius 3 is 3.00 bits per heavy atom. The summed E-state index contributed by atoms with van der Waals surface area (Å²) in [5.74, 6) is 0.635. The minimum atomic E-state index is 0.183. The number of thiophene rings is 1. The fourth-order valence-electron chi connectivity index (χ4n) is 2.40. The number of carbonyl (C=O) groups is 1. The maximum Gasteiger partial charge on any atom is 0.264 e. The second-order valence-electron chi connectivity index (χ2n) is 4.80. The highest BCUT2D eigenvalue weighted by Crippen LogP contribution is 2.23. The van der Waals surface area contributed by atoms with Gasteiger partial charge in [0.25, 0.3) is 5.91 Å². The van der Waals surface area contributed by atoms with Crippen molar-refractivity contribution in [2.75, 3.05) is 13.1 Å². The molecule has 1 amide bonds. The van der Waals surface area contributed by atoms with Gasteiger partial charge in [-0.05, 0) is 36.3 Å². The van der Waals surface area contributed by atoms with Crippen molar-refractivity contribution in [3.63, 3.8) is 0 Å². The molecule has 94 valence electrons. The molecule has 1 aliphatic rings. The van der Waals surface area contributed by atoms with Gasteiger partial charge in [-0.1, -0.05) is 13.3 Å². The molecule has 4 heteroatoms. The third-order valence-corrected chi connectivity index (χ3v) is 4.67. The second kappa shape index (κ2) is 5.19. The largest absolute Gasteiger partial charge is 0.338 e. The van der Waals surface area contributed by atoms with Crippen LogP contribution in [0.4, 0.5) is 0 Å². The number of hydrogen-bond donors (Lipinski definition) is 1. The van der Waals surface area contributed by atoms with Crippen molar-refractivity contribution in [2.24, 2.45) is 11.7 Å². The number of nitrogens with two attached hydrogens (primary N) is 1. The van der Waals surface area contributed by atoms with E-state index in [9.17, 15) is 4.79 Å². The van der Waals surface area contributed by atoms with Crippen LogP contribution in [0.3, 0.4) is 0 Å². The predicted molar refractivity (Wildman–Crippen MR) is 71.3 cm³/mol. The number of nitrogens with zero attached hydrogens (tertiary/aromatic N) is 1. The van der Waals surface area contributed by atoms with E-state index in [1.807, 2.05) is 23.3 Å². The van der Waals surface area contributed by atoms with Gasteiger partial charge in [-0.2, -0.15) is 0 Å². The van der Waals surface area contributed by atoms with Gasteiger partial charge in [-0.3, -0.25) is 4.79 Å². The van der Waals surface area contributed by atoms with Gasteiger partial charge in [-0.15, -0.1) is 11.3 Å². The maximum atomic E-state index is 12.3. The Labute approximate surface area is 107 Å². The summed E-state index contributed by atoms with van der Waals surface area (Å²) in [6.07, 6.45) is 1.98. The van der Waals surface area contributed by atoms with Gasteiger partial charge in [0.2, 0.25) is 0 Å². The lowest BCUT2D eigenvalue weighted by atomic mass is 9.90. The molecule has 0 spiro atoms. The molecule has 2 rings (SSSR count). The van der Waals surface area contributed by atoms with Gasteiger partial charge < -0.3 is 10.6 Å². The summed E-state index contributed by atoms with van der Waals surface area (Å²) in [4.78, 5) is 15.2. The van der Waals surface area contributed by atoms with E-state index in [0.717, 1.165) is 36.4 Å². The van der Waals surface area contributed by atoms with Crippen LogP contribution in [0, 0.1) is 12.8 Å². The molecule has 0 radical (unpaired) electrons. The van der Waals surface area contributed by atoms with E-state index in [0.29, 0.717) is 5.92 Å². The smallest absolute Gasteiger partial charge is 0.264 e. The highest BCUT2D eigenvalue weighted by atomic mass is 32.1. The Morgan fingerprint density at radius 2 is 2.41 bits per heavy atom. The van der Waals surface area contributed by atoms with E-state index in [2.05, 4.69) is 6.92 Å². The molecule has 3 nitrogen and oxygen atoms in total. The van der Waals surface area contributed by atoms with Crippen molar-refractivity contribution < 1.29 is 4.79 Å². The first-order chi connectivity index (χ1) is 8.13. The highest BCUT2D eigenvalue weighted by Gasteiger charge is 2.29. The van der Waals surface area contributed by atoms with Crippen molar-refractivity contribution in [1.29, 1.82) is 0 Å². The normalized spacial score (nSPS) is 25.0. The average molecular weight is 252 g/mol. The summed E-state index contributed by atoms with van der Waals surface area (Å²) >= 11 is 1.54. The highest BCUT2D eigenvalue weighted by molar-refractivity contribution is 7.12. The van der Waals surface area contributed by atoms with Crippen molar-refractivity contribution in [2.45, 2.75) is 32.7 Å². The molecule has 1 aromatic rings. The Kier molecular flexibility index (Phi) is 3.84. The SMILES string of the molecule is CCC1CN(C(=O)c2sccc2C)CCC1N. The quantitative estimate of drug-likeness (QED) is 0.877. The van der Waals surface area contributed by atoms with E-state index >= 15 is 0 Å². The summed E-state index contributed by atoms with van der Waals surface area (Å²) in [6.45, 7) is 5.76. The first kappa shape index (κ1) is 12.6. The Balaban J connectivity index is 2.09. The molecule has 1 saturated heterocycles. The van der Waals surface area contributed by atoms with Gasteiger partial charge in [0, 0.05) is 19.1 Å². The van der Waals surface area contributed by atoms with Crippen molar-refractivity contribution in [3.05, 3.63) is 21.9 Å². The second-order valence-corrected chi connectivity index (χ2v) is 5.72. The molecule has 2 atom stereocenters. The van der Waals surface area contributed by atoms with Crippen LogP contribution >= 0.6 is 11.3 Å². The average Bonchev–Trinajstić information content (AvgIpc) is 2.75. The van der Waals surface area contributed by atoms with E-state index in [1.165, 1.54) is 11.3 Å². The summed E-state index contributed by atoms with van der Waals surface area (Å²) in [5.41, 5.74) is 7.15. The van der Waals surface area contributed by atoms with Crippen LogP contribution in [0.2, 0.25) is 0 Å². The lowest BCUT2D eigenvalue weighted by molar-refractivity contribution is 0.0653. The topological polar surface area (TPSA) is 46.3 Å². The summed E-state index contributed by atoms with van der Waals surface area (Å²) < 4.78 is 0. The molecule has 17 heavy (non-hydrogen) atoms.